The van der Waals surface area contributed by atoms with Crippen LogP contribution in [0.2, 0.25) is 0 Å². The highest BCUT2D eigenvalue weighted by atomic mass is 16.5. The van der Waals surface area contributed by atoms with E-state index in [9.17, 15) is 0 Å². The number of benzene rings is 2. The number of aromatic nitrogens is 5. The van der Waals surface area contributed by atoms with Crippen molar-refractivity contribution in [3.63, 3.8) is 0 Å². The molecule has 0 unspecified atom stereocenters. The van der Waals surface area contributed by atoms with Crippen LogP contribution in [0, 0.1) is 0 Å². The molecule has 5 aromatic rings. The van der Waals surface area contributed by atoms with Crippen LogP contribution in [0.5, 0.6) is 5.75 Å². The number of imidazole rings is 1. The molecule has 0 saturated carbocycles. The third-order valence-corrected chi connectivity index (χ3v) is 5.33. The molecule has 0 aliphatic heterocycles. The minimum atomic E-state index is 0.379. The number of fused-ring (bicyclic) bond motifs is 2. The molecule has 0 radical (unpaired) electrons. The monoisotopic (exact) mass is 399 g/mol. The lowest BCUT2D eigenvalue weighted by atomic mass is 9.99. The summed E-state index contributed by atoms with van der Waals surface area (Å²) in [5.41, 5.74) is 18.6. The predicted molar refractivity (Wildman–Crippen MR) is 117 cm³/mol. The lowest BCUT2D eigenvalue weighted by Gasteiger charge is -2.10. The first-order valence-electron chi connectivity index (χ1n) is 9.57. The molecular formula is C22H21N7O. The second-order valence-corrected chi connectivity index (χ2v) is 7.09. The maximum absolute atomic E-state index is 5.92. The largest absolute Gasteiger partial charge is 0.497 e. The molecule has 0 atom stereocenters. The molecule has 0 aliphatic carbocycles. The maximum atomic E-state index is 5.92. The van der Waals surface area contributed by atoms with Crippen LogP contribution in [0.4, 0.5) is 5.82 Å². The Hall–Kier alpha value is -3.91. The number of H-pyrrole nitrogens is 1. The smallest absolute Gasteiger partial charge is 0.165 e. The number of rotatable bonds is 5. The van der Waals surface area contributed by atoms with E-state index >= 15 is 0 Å². The van der Waals surface area contributed by atoms with Crippen LogP contribution >= 0.6 is 0 Å². The first kappa shape index (κ1) is 18.1. The molecule has 0 fully saturated rings. The summed E-state index contributed by atoms with van der Waals surface area (Å²) in [6, 6.07) is 14.4. The molecule has 5 N–H and O–H groups in total. The first-order valence-corrected chi connectivity index (χ1v) is 9.57. The molecule has 3 aromatic heterocycles. The summed E-state index contributed by atoms with van der Waals surface area (Å²) in [5, 5.41) is 1.12. The Bertz CT molecular complexity index is 1350. The summed E-state index contributed by atoms with van der Waals surface area (Å²) >= 11 is 0. The molecule has 150 valence electrons. The molecule has 0 amide bonds. The standard InChI is InChI=1S/C22H21N7O/c1-30-16-5-2-13(3-6-16)17-7-4-14(19-18(17)8-15(9-23)28-19)10-29-12-27-20-21(24)25-11-26-22(20)29/h2-8,11-12,28H,9-10,23H2,1H3,(H2,24,25,26). The van der Waals surface area contributed by atoms with E-state index in [1.54, 1.807) is 13.4 Å². The van der Waals surface area contributed by atoms with Gasteiger partial charge < -0.3 is 25.8 Å². The normalized spacial score (nSPS) is 11.4. The highest BCUT2D eigenvalue weighted by Gasteiger charge is 2.14. The number of hydrogen-bond donors (Lipinski definition) is 3. The van der Waals surface area contributed by atoms with Crippen LogP contribution in [-0.4, -0.2) is 31.6 Å². The van der Waals surface area contributed by atoms with Crippen molar-refractivity contribution in [2.75, 3.05) is 12.8 Å². The molecule has 0 bridgehead atoms. The number of nitrogens with zero attached hydrogens (tertiary/aromatic N) is 4. The number of methoxy groups -OCH3 is 1. The van der Waals surface area contributed by atoms with Crippen molar-refractivity contribution < 1.29 is 4.74 Å². The zero-order chi connectivity index (χ0) is 20.7. The van der Waals surface area contributed by atoms with Crippen molar-refractivity contribution in [1.29, 1.82) is 0 Å². The van der Waals surface area contributed by atoms with Gasteiger partial charge in [0.1, 0.15) is 17.6 Å². The van der Waals surface area contributed by atoms with Gasteiger partial charge in [0.15, 0.2) is 11.5 Å². The minimum Gasteiger partial charge on any atom is -0.497 e. The molecule has 2 aromatic carbocycles. The first-order chi connectivity index (χ1) is 14.7. The van der Waals surface area contributed by atoms with E-state index in [-0.39, 0.29) is 0 Å². The molecule has 8 heteroatoms. The predicted octanol–water partition coefficient (Wildman–Crippen LogP) is 3.07. The Morgan fingerprint density at radius 3 is 2.67 bits per heavy atom. The van der Waals surface area contributed by atoms with Gasteiger partial charge in [-0.25, -0.2) is 15.0 Å². The molecule has 3 heterocycles. The highest BCUT2D eigenvalue weighted by Crippen LogP contribution is 2.33. The second-order valence-electron chi connectivity index (χ2n) is 7.09. The van der Waals surface area contributed by atoms with Crippen LogP contribution in [0.1, 0.15) is 11.3 Å². The number of nitrogens with one attached hydrogen (secondary N) is 1. The van der Waals surface area contributed by atoms with Gasteiger partial charge in [-0.15, -0.1) is 0 Å². The Labute approximate surface area is 172 Å². The van der Waals surface area contributed by atoms with Gasteiger partial charge in [-0.3, -0.25) is 0 Å². The quantitative estimate of drug-likeness (QED) is 0.418. The van der Waals surface area contributed by atoms with Crippen LogP contribution in [0.25, 0.3) is 33.2 Å². The lowest BCUT2D eigenvalue weighted by Crippen LogP contribution is -2.02. The summed E-state index contributed by atoms with van der Waals surface area (Å²) in [4.78, 5) is 16.2. The van der Waals surface area contributed by atoms with Crippen molar-refractivity contribution in [2.24, 2.45) is 5.73 Å². The average Bonchev–Trinajstić information content (AvgIpc) is 3.40. The van der Waals surface area contributed by atoms with Gasteiger partial charge in [-0.1, -0.05) is 24.3 Å². The fraction of sp³-hybridized carbons (Fsp3) is 0.136. The topological polar surface area (TPSA) is 121 Å². The fourth-order valence-corrected chi connectivity index (χ4v) is 3.80. The van der Waals surface area contributed by atoms with Crippen LogP contribution in [0.3, 0.4) is 0 Å². The van der Waals surface area contributed by atoms with E-state index in [4.69, 9.17) is 16.2 Å². The number of nitrogens with two attached hydrogens (primary N) is 2. The summed E-state index contributed by atoms with van der Waals surface area (Å²) in [7, 11) is 1.67. The summed E-state index contributed by atoms with van der Waals surface area (Å²) in [5.74, 6) is 1.21. The molecule has 5 rings (SSSR count). The Morgan fingerprint density at radius 2 is 1.90 bits per heavy atom. The van der Waals surface area contributed by atoms with Gasteiger partial charge in [0, 0.05) is 17.6 Å². The van der Waals surface area contributed by atoms with Crippen molar-refractivity contribution in [2.45, 2.75) is 13.1 Å². The van der Waals surface area contributed by atoms with Crippen LogP contribution < -0.4 is 16.2 Å². The molecule has 0 aliphatic rings. The molecule has 30 heavy (non-hydrogen) atoms. The van der Waals surface area contributed by atoms with Gasteiger partial charge in [-0.2, -0.15) is 0 Å². The molecule has 0 spiro atoms. The van der Waals surface area contributed by atoms with Crippen LogP contribution in [-0.2, 0) is 13.1 Å². The van der Waals surface area contributed by atoms with E-state index in [2.05, 4.69) is 50.3 Å². The SMILES string of the molecule is COc1ccc(-c2ccc(Cn3cnc4c(N)ncnc43)c3[nH]c(CN)cc23)cc1. The van der Waals surface area contributed by atoms with Gasteiger partial charge in [-0.05, 0) is 34.9 Å². The van der Waals surface area contributed by atoms with Crippen molar-refractivity contribution >= 4 is 27.9 Å². The third kappa shape index (κ3) is 2.94. The second kappa shape index (κ2) is 7.16. The summed E-state index contributed by atoms with van der Waals surface area (Å²) in [6.07, 6.45) is 3.20. The molecule has 8 nitrogen and oxygen atoms in total. The van der Waals surface area contributed by atoms with Gasteiger partial charge in [0.05, 0.1) is 25.5 Å². The zero-order valence-electron chi connectivity index (χ0n) is 16.5. The number of aromatic amines is 1. The molecule has 0 saturated heterocycles. The van der Waals surface area contributed by atoms with Gasteiger partial charge in [0.25, 0.3) is 0 Å². The third-order valence-electron chi connectivity index (χ3n) is 5.33. The summed E-state index contributed by atoms with van der Waals surface area (Å²) < 4.78 is 7.26. The van der Waals surface area contributed by atoms with E-state index in [1.807, 2.05) is 16.7 Å². The maximum Gasteiger partial charge on any atom is 0.165 e. The van der Waals surface area contributed by atoms with Crippen molar-refractivity contribution in [3.8, 4) is 16.9 Å². The average molecular weight is 399 g/mol. The van der Waals surface area contributed by atoms with Gasteiger partial charge in [0.2, 0.25) is 0 Å². The van der Waals surface area contributed by atoms with E-state index in [0.29, 0.717) is 30.1 Å². The Morgan fingerprint density at radius 1 is 1.07 bits per heavy atom. The molecular weight excluding hydrogens is 378 g/mol. The minimum absolute atomic E-state index is 0.379. The fourth-order valence-electron chi connectivity index (χ4n) is 3.80. The Kier molecular flexibility index (Phi) is 4.33. The number of anilines is 1. The zero-order valence-corrected chi connectivity index (χ0v) is 16.5. The number of ether oxygens (including phenoxy) is 1. The van der Waals surface area contributed by atoms with Gasteiger partial charge >= 0.3 is 0 Å². The van der Waals surface area contributed by atoms with Crippen LogP contribution in [0.15, 0.2) is 55.1 Å². The van der Waals surface area contributed by atoms with E-state index in [0.717, 1.165) is 39.0 Å². The summed E-state index contributed by atoms with van der Waals surface area (Å²) in [6.45, 7) is 1.03. The lowest BCUT2D eigenvalue weighted by molar-refractivity contribution is 0.415. The van der Waals surface area contributed by atoms with Crippen molar-refractivity contribution in [3.05, 3.63) is 66.4 Å². The number of nitrogen functional groups attached to an aromatic ring is 1. The van der Waals surface area contributed by atoms with E-state index in [1.165, 1.54) is 6.33 Å². The Balaban J connectivity index is 1.62. The highest BCUT2D eigenvalue weighted by molar-refractivity contribution is 5.97. The van der Waals surface area contributed by atoms with Crippen molar-refractivity contribution in [1.82, 2.24) is 24.5 Å². The number of hydrogen-bond acceptors (Lipinski definition) is 6. The van der Waals surface area contributed by atoms with E-state index < -0.39 is 0 Å².